The summed E-state index contributed by atoms with van der Waals surface area (Å²) in [5.41, 5.74) is 0. The number of primary sulfonamides is 1. The number of hydrogen-bond donors (Lipinski definition) is 1. The monoisotopic (exact) mass is 186 g/mol. The largest absolute Gasteiger partial charge is 0.255 e. The minimum atomic E-state index is -3.61. The van der Waals surface area contributed by atoms with Crippen LogP contribution in [0.2, 0.25) is 0 Å². The summed E-state index contributed by atoms with van der Waals surface area (Å²) < 4.78 is 21.1. The van der Waals surface area contributed by atoms with Gasteiger partial charge in [-0.25, -0.2) is 18.5 Å². The van der Waals surface area contributed by atoms with Crippen molar-refractivity contribution in [1.82, 2.24) is 4.98 Å². The first-order chi connectivity index (χ1) is 4.61. The van der Waals surface area contributed by atoms with Crippen LogP contribution in [-0.2, 0) is 10.0 Å². The Bertz CT molecular complexity index is 311. The molecule has 0 amide bonds. The van der Waals surface area contributed by atoms with Crippen molar-refractivity contribution in [3.8, 4) is 0 Å². The number of hydrogen-bond acceptors (Lipinski definition) is 3. The maximum Gasteiger partial charge on any atom is 0.255 e. The van der Waals surface area contributed by atoms with Crippen LogP contribution in [0.25, 0.3) is 0 Å². The second-order valence-corrected chi connectivity index (χ2v) is 3.22. The molecule has 6 heteroatoms. The maximum atomic E-state index is 10.5. The van der Waals surface area contributed by atoms with E-state index in [1.54, 1.807) is 12.1 Å². The topological polar surface area (TPSA) is 73.1 Å². The third-order valence-electron chi connectivity index (χ3n) is 0.929. The molecule has 4 nitrogen and oxygen atoms in total. The van der Waals surface area contributed by atoms with Gasteiger partial charge in [0.05, 0.1) is 0 Å². The molecule has 2 N–H and O–H groups in total. The lowest BCUT2D eigenvalue weighted by molar-refractivity contribution is 0.594. The molecule has 0 aromatic carbocycles. The van der Waals surface area contributed by atoms with Crippen LogP contribution in [0.4, 0.5) is 0 Å². The predicted octanol–water partition coefficient (Wildman–Crippen LogP) is -0.652. The highest BCUT2D eigenvalue weighted by molar-refractivity contribution is 7.89. The highest BCUT2D eigenvalue weighted by Crippen LogP contribution is 1.98. The number of sulfonamides is 1. The Labute approximate surface area is 69.5 Å². The number of rotatable bonds is 1. The third-order valence-corrected chi connectivity index (χ3v) is 1.75. The fraction of sp³-hybridized carbons (Fsp3) is 0. The van der Waals surface area contributed by atoms with Gasteiger partial charge in [-0.3, -0.25) is 0 Å². The Morgan fingerprint density at radius 1 is 1.36 bits per heavy atom. The zero-order chi connectivity index (χ0) is 7.61. The van der Waals surface area contributed by atoms with Gasteiger partial charge in [-0.2, -0.15) is 0 Å². The second kappa shape index (κ2) is 3.61. The van der Waals surface area contributed by atoms with Crippen LogP contribution in [0.3, 0.4) is 0 Å². The third kappa shape index (κ3) is 2.79. The molecule has 4 radical (unpaired) electrons. The van der Waals surface area contributed by atoms with E-state index in [4.69, 9.17) is 5.14 Å². The summed E-state index contributed by atoms with van der Waals surface area (Å²) in [6.07, 6.45) is 1.37. The Morgan fingerprint density at radius 3 is 2.27 bits per heavy atom. The molecule has 0 fully saturated rings. The molecule has 0 bridgehead atoms. The molecule has 1 rings (SSSR count). The van der Waals surface area contributed by atoms with Gasteiger partial charge in [-0.1, -0.05) is 6.07 Å². The molecule has 0 spiro atoms. The Morgan fingerprint density at radius 2 is 2.00 bits per heavy atom. The van der Waals surface area contributed by atoms with Gasteiger partial charge in [0.15, 0.2) is 5.03 Å². The van der Waals surface area contributed by atoms with Gasteiger partial charge in [0.25, 0.3) is 10.0 Å². The lowest BCUT2D eigenvalue weighted by Gasteiger charge is -1.92. The van der Waals surface area contributed by atoms with E-state index in [1.165, 1.54) is 12.3 Å². The van der Waals surface area contributed by atoms with Gasteiger partial charge < -0.3 is 0 Å². The maximum absolute atomic E-state index is 10.5. The highest BCUT2D eigenvalue weighted by atomic mass is 32.2. The number of aromatic nitrogens is 1. The van der Waals surface area contributed by atoms with E-state index in [0.29, 0.717) is 0 Å². The fourth-order valence-electron chi connectivity index (χ4n) is 0.515. The van der Waals surface area contributed by atoms with Crippen molar-refractivity contribution >= 4 is 21.0 Å². The summed E-state index contributed by atoms with van der Waals surface area (Å²) >= 11 is 0. The molecule has 1 heterocycles. The van der Waals surface area contributed by atoms with Crippen LogP contribution >= 0.6 is 0 Å². The summed E-state index contributed by atoms with van der Waals surface area (Å²) in [4.78, 5) is 3.54. The lowest BCUT2D eigenvalue weighted by atomic mass is 10.5. The van der Waals surface area contributed by atoms with Crippen molar-refractivity contribution in [2.24, 2.45) is 5.14 Å². The van der Waals surface area contributed by atoms with E-state index >= 15 is 0 Å². The second-order valence-electron chi connectivity index (χ2n) is 1.71. The first-order valence-corrected chi connectivity index (χ1v) is 4.09. The predicted molar refractivity (Wildman–Crippen MR) is 41.4 cm³/mol. The van der Waals surface area contributed by atoms with Crippen molar-refractivity contribution in [1.29, 1.82) is 0 Å². The Balaban J connectivity index is 0.000001000. The van der Waals surface area contributed by atoms with Gasteiger partial charge in [0, 0.05) is 17.2 Å². The fourth-order valence-corrected chi connectivity index (χ4v) is 0.991. The average Bonchev–Trinajstić information content (AvgIpc) is 1.88. The molecule has 11 heavy (non-hydrogen) atoms. The normalized spacial score (nSPS) is 10.3. The van der Waals surface area contributed by atoms with Crippen molar-refractivity contribution < 1.29 is 8.42 Å². The molecule has 0 aliphatic carbocycles. The summed E-state index contributed by atoms with van der Waals surface area (Å²) in [6.45, 7) is 0. The molecule has 0 atom stereocenters. The van der Waals surface area contributed by atoms with E-state index in [0.717, 1.165) is 0 Å². The minimum absolute atomic E-state index is 0. The van der Waals surface area contributed by atoms with E-state index in [9.17, 15) is 8.42 Å². The highest BCUT2D eigenvalue weighted by Gasteiger charge is 2.05. The minimum Gasteiger partial charge on any atom is -0.243 e. The number of pyridine rings is 1. The zero-order valence-electron chi connectivity index (χ0n) is 5.56. The first kappa shape index (κ1) is 10.3. The molecule has 1 aromatic heterocycles. The van der Waals surface area contributed by atoms with Crippen LogP contribution in [0.1, 0.15) is 0 Å². The summed E-state index contributed by atoms with van der Waals surface area (Å²) in [7, 11) is -3.61. The molecule has 0 unspecified atom stereocenters. The lowest BCUT2D eigenvalue weighted by Crippen LogP contribution is -2.13. The van der Waals surface area contributed by atoms with E-state index in [-0.39, 0.29) is 16.0 Å². The van der Waals surface area contributed by atoms with Crippen LogP contribution < -0.4 is 5.14 Å². The number of nitrogens with zero attached hydrogens (tertiary/aromatic N) is 1. The van der Waals surface area contributed by atoms with Gasteiger partial charge in [0.1, 0.15) is 0 Å². The zero-order valence-corrected chi connectivity index (χ0v) is 7.38. The molecule has 58 valence electrons. The van der Waals surface area contributed by atoms with Crippen molar-refractivity contribution in [3.05, 3.63) is 24.4 Å². The SMILES string of the molecule is NS(=O)(=O)c1ccccn1.[Si]. The van der Waals surface area contributed by atoms with Crippen LogP contribution in [0.5, 0.6) is 0 Å². The summed E-state index contributed by atoms with van der Waals surface area (Å²) in [5, 5.41) is 4.66. The van der Waals surface area contributed by atoms with Crippen molar-refractivity contribution in [2.75, 3.05) is 0 Å². The van der Waals surface area contributed by atoms with E-state index < -0.39 is 10.0 Å². The van der Waals surface area contributed by atoms with Crippen LogP contribution in [0.15, 0.2) is 29.4 Å². The summed E-state index contributed by atoms with van der Waals surface area (Å²) in [5.74, 6) is 0. The van der Waals surface area contributed by atoms with Gasteiger partial charge in [-0.05, 0) is 12.1 Å². The quantitative estimate of drug-likeness (QED) is 0.592. The van der Waals surface area contributed by atoms with Crippen molar-refractivity contribution in [3.63, 3.8) is 0 Å². The van der Waals surface area contributed by atoms with Gasteiger partial charge in [0.2, 0.25) is 0 Å². The molecule has 0 saturated heterocycles. The average molecular weight is 186 g/mol. The standard InChI is InChI=1S/C5H6N2O2S.Si/c6-10(8,9)5-3-1-2-4-7-5;/h1-4H,(H2,6,8,9);. The molecular weight excluding hydrogens is 180 g/mol. The van der Waals surface area contributed by atoms with E-state index in [1.807, 2.05) is 0 Å². The number of nitrogens with two attached hydrogens (primary N) is 1. The van der Waals surface area contributed by atoms with Crippen molar-refractivity contribution in [2.45, 2.75) is 5.03 Å². The first-order valence-electron chi connectivity index (χ1n) is 2.54. The molecule has 1 aromatic rings. The smallest absolute Gasteiger partial charge is 0.243 e. The Hall–Kier alpha value is -0.723. The molecule has 0 saturated carbocycles. The summed E-state index contributed by atoms with van der Waals surface area (Å²) in [6, 6.07) is 4.52. The molecule has 0 aliphatic heterocycles. The van der Waals surface area contributed by atoms with Crippen LogP contribution in [-0.4, -0.2) is 24.4 Å². The Kier molecular flexibility index (Phi) is 3.37. The molecular formula is C5H6N2O2SSi. The van der Waals surface area contributed by atoms with Gasteiger partial charge in [-0.15, -0.1) is 0 Å². The van der Waals surface area contributed by atoms with Gasteiger partial charge >= 0.3 is 0 Å². The van der Waals surface area contributed by atoms with Crippen LogP contribution in [0, 0.1) is 0 Å². The molecule has 0 aliphatic rings. The van der Waals surface area contributed by atoms with E-state index in [2.05, 4.69) is 4.98 Å².